The van der Waals surface area contributed by atoms with Gasteiger partial charge >= 0.3 is 0 Å². The van der Waals surface area contributed by atoms with Crippen molar-refractivity contribution in [3.05, 3.63) is 90.3 Å². The molecule has 0 aromatic carbocycles. The van der Waals surface area contributed by atoms with Crippen molar-refractivity contribution in [3.8, 4) is 0 Å². The standard InChI is InChI=1S/C25H26N6/c1-15(2)31-19(6)30-25-23(31)13-21(14-27-25)16(3)22-7-8-24(29-18(22)5)28-17(4)20-9-11-26-12-10-20/h7-15H,3-4H2,1-2,5-6H3,(H,28,29). The fourth-order valence-corrected chi connectivity index (χ4v) is 3.79. The van der Waals surface area contributed by atoms with Crippen LogP contribution in [0.5, 0.6) is 0 Å². The van der Waals surface area contributed by atoms with Gasteiger partial charge in [-0.3, -0.25) is 4.98 Å². The molecule has 0 saturated heterocycles. The minimum atomic E-state index is 0.303. The van der Waals surface area contributed by atoms with Crippen molar-refractivity contribution in [1.82, 2.24) is 24.5 Å². The number of nitrogens with one attached hydrogen (secondary N) is 1. The maximum Gasteiger partial charge on any atom is 0.177 e. The SMILES string of the molecule is C=C(Nc1ccc(C(=C)c2cnc3nc(C)n(C(C)C)c3c2)c(C)n1)c1ccncc1. The van der Waals surface area contributed by atoms with E-state index in [9.17, 15) is 0 Å². The zero-order valence-corrected chi connectivity index (χ0v) is 18.3. The normalized spacial score (nSPS) is 11.1. The van der Waals surface area contributed by atoms with E-state index in [1.54, 1.807) is 12.4 Å². The predicted molar refractivity (Wildman–Crippen MR) is 127 cm³/mol. The van der Waals surface area contributed by atoms with Crippen LogP contribution in [0.25, 0.3) is 22.4 Å². The van der Waals surface area contributed by atoms with Crippen LogP contribution < -0.4 is 5.32 Å². The summed E-state index contributed by atoms with van der Waals surface area (Å²) in [4.78, 5) is 17.9. The first-order valence-electron chi connectivity index (χ1n) is 10.2. The molecule has 0 fully saturated rings. The Hall–Kier alpha value is -3.80. The highest BCUT2D eigenvalue weighted by atomic mass is 15.1. The van der Waals surface area contributed by atoms with Crippen LogP contribution in [0, 0.1) is 13.8 Å². The topological polar surface area (TPSA) is 68.5 Å². The number of hydrogen-bond donors (Lipinski definition) is 1. The van der Waals surface area contributed by atoms with Crippen LogP contribution in [-0.2, 0) is 0 Å². The lowest BCUT2D eigenvalue weighted by Crippen LogP contribution is -2.04. The van der Waals surface area contributed by atoms with Gasteiger partial charge in [-0.1, -0.05) is 13.2 Å². The van der Waals surface area contributed by atoms with E-state index in [2.05, 4.69) is 57.9 Å². The zero-order chi connectivity index (χ0) is 22.1. The van der Waals surface area contributed by atoms with Crippen LogP contribution in [0.2, 0.25) is 0 Å². The molecule has 156 valence electrons. The fourth-order valence-electron chi connectivity index (χ4n) is 3.79. The Bertz CT molecular complexity index is 1280. The highest BCUT2D eigenvalue weighted by Gasteiger charge is 2.14. The molecule has 6 nitrogen and oxygen atoms in total. The summed E-state index contributed by atoms with van der Waals surface area (Å²) in [7, 11) is 0. The van der Waals surface area contributed by atoms with E-state index in [0.717, 1.165) is 56.5 Å². The molecular weight excluding hydrogens is 384 g/mol. The molecule has 0 unspecified atom stereocenters. The third kappa shape index (κ3) is 3.97. The molecule has 0 amide bonds. The maximum atomic E-state index is 4.71. The molecule has 4 rings (SSSR count). The molecule has 0 aliphatic carbocycles. The van der Waals surface area contributed by atoms with Gasteiger partial charge in [0.25, 0.3) is 0 Å². The summed E-state index contributed by atoms with van der Waals surface area (Å²) in [6.45, 7) is 16.7. The van der Waals surface area contributed by atoms with Crippen LogP contribution in [0.1, 0.15) is 48.1 Å². The summed E-state index contributed by atoms with van der Waals surface area (Å²) < 4.78 is 2.20. The van der Waals surface area contributed by atoms with E-state index in [1.165, 1.54) is 0 Å². The molecule has 0 aliphatic heterocycles. The van der Waals surface area contributed by atoms with E-state index in [0.29, 0.717) is 6.04 Å². The van der Waals surface area contributed by atoms with E-state index < -0.39 is 0 Å². The highest BCUT2D eigenvalue weighted by Crippen LogP contribution is 2.28. The van der Waals surface area contributed by atoms with Crippen molar-refractivity contribution < 1.29 is 0 Å². The van der Waals surface area contributed by atoms with Crippen LogP contribution in [0.3, 0.4) is 0 Å². The Morgan fingerprint density at radius 2 is 1.74 bits per heavy atom. The van der Waals surface area contributed by atoms with Gasteiger partial charge in [-0.25, -0.2) is 15.0 Å². The number of nitrogens with zero attached hydrogens (tertiary/aromatic N) is 5. The quantitative estimate of drug-likeness (QED) is 0.450. The van der Waals surface area contributed by atoms with Crippen LogP contribution >= 0.6 is 0 Å². The largest absolute Gasteiger partial charge is 0.340 e. The summed E-state index contributed by atoms with van der Waals surface area (Å²) in [5.41, 5.74) is 7.22. The Morgan fingerprint density at radius 3 is 2.42 bits per heavy atom. The predicted octanol–water partition coefficient (Wildman–Crippen LogP) is 5.56. The first-order valence-corrected chi connectivity index (χ1v) is 10.2. The lowest BCUT2D eigenvalue weighted by atomic mass is 9.99. The van der Waals surface area contributed by atoms with Crippen LogP contribution in [-0.4, -0.2) is 24.5 Å². The molecule has 0 radical (unpaired) electrons. The van der Waals surface area contributed by atoms with Gasteiger partial charge in [-0.2, -0.15) is 0 Å². The molecule has 0 spiro atoms. The van der Waals surface area contributed by atoms with Crippen molar-refractivity contribution in [3.63, 3.8) is 0 Å². The molecule has 4 aromatic rings. The van der Waals surface area contributed by atoms with Crippen molar-refractivity contribution in [2.45, 2.75) is 33.7 Å². The van der Waals surface area contributed by atoms with Gasteiger partial charge in [0.05, 0.1) is 5.52 Å². The van der Waals surface area contributed by atoms with Gasteiger partial charge in [0, 0.05) is 52.7 Å². The number of pyridine rings is 3. The van der Waals surface area contributed by atoms with Gasteiger partial charge < -0.3 is 9.88 Å². The first kappa shape index (κ1) is 20.5. The second kappa shape index (κ2) is 8.14. The molecule has 0 aliphatic rings. The van der Waals surface area contributed by atoms with Crippen LogP contribution in [0.4, 0.5) is 5.82 Å². The smallest absolute Gasteiger partial charge is 0.177 e. The minimum absolute atomic E-state index is 0.303. The third-order valence-electron chi connectivity index (χ3n) is 5.31. The maximum absolute atomic E-state index is 4.71. The summed E-state index contributed by atoms with van der Waals surface area (Å²) in [6.07, 6.45) is 5.32. The Morgan fingerprint density at radius 1 is 1.00 bits per heavy atom. The molecular formula is C25H26N6. The van der Waals surface area contributed by atoms with Gasteiger partial charge in [0.1, 0.15) is 11.6 Å². The number of aromatic nitrogens is 5. The number of imidazole rings is 1. The van der Waals surface area contributed by atoms with Crippen molar-refractivity contribution in [1.29, 1.82) is 0 Å². The highest BCUT2D eigenvalue weighted by molar-refractivity contribution is 5.84. The Balaban J connectivity index is 1.62. The number of hydrogen-bond acceptors (Lipinski definition) is 5. The van der Waals surface area contributed by atoms with E-state index in [1.807, 2.05) is 44.3 Å². The molecule has 4 heterocycles. The zero-order valence-electron chi connectivity index (χ0n) is 18.3. The fraction of sp³-hybridized carbons (Fsp3) is 0.200. The van der Waals surface area contributed by atoms with Gasteiger partial charge in [0.15, 0.2) is 5.65 Å². The second-order valence-corrected chi connectivity index (χ2v) is 7.84. The number of rotatable bonds is 6. The number of anilines is 1. The molecule has 0 bridgehead atoms. The van der Waals surface area contributed by atoms with E-state index >= 15 is 0 Å². The van der Waals surface area contributed by atoms with Crippen molar-refractivity contribution >= 4 is 28.3 Å². The van der Waals surface area contributed by atoms with Crippen molar-refractivity contribution in [2.75, 3.05) is 5.32 Å². The first-order chi connectivity index (χ1) is 14.8. The van der Waals surface area contributed by atoms with Gasteiger partial charge in [-0.05, 0) is 63.6 Å². The lowest BCUT2D eigenvalue weighted by molar-refractivity contribution is 0.600. The van der Waals surface area contributed by atoms with Gasteiger partial charge in [-0.15, -0.1) is 0 Å². The summed E-state index contributed by atoms with van der Waals surface area (Å²) in [5, 5.41) is 3.26. The average Bonchev–Trinajstić information content (AvgIpc) is 3.09. The molecule has 6 heteroatoms. The number of aryl methyl sites for hydroxylation is 2. The third-order valence-corrected chi connectivity index (χ3v) is 5.31. The van der Waals surface area contributed by atoms with E-state index in [4.69, 9.17) is 4.98 Å². The molecule has 0 atom stereocenters. The van der Waals surface area contributed by atoms with Crippen molar-refractivity contribution in [2.24, 2.45) is 0 Å². The van der Waals surface area contributed by atoms with Gasteiger partial charge in [0.2, 0.25) is 0 Å². The van der Waals surface area contributed by atoms with E-state index in [-0.39, 0.29) is 0 Å². The van der Waals surface area contributed by atoms with Crippen LogP contribution in [0.15, 0.2) is 62.1 Å². The molecule has 0 saturated carbocycles. The molecule has 31 heavy (non-hydrogen) atoms. The Labute approximate surface area is 182 Å². The second-order valence-electron chi connectivity index (χ2n) is 7.84. The summed E-state index contributed by atoms with van der Waals surface area (Å²) >= 11 is 0. The average molecular weight is 411 g/mol. The summed E-state index contributed by atoms with van der Waals surface area (Å²) in [5.74, 6) is 1.70. The lowest BCUT2D eigenvalue weighted by Gasteiger charge is -2.14. The minimum Gasteiger partial charge on any atom is -0.340 e. The number of fused-ring (bicyclic) bond motifs is 1. The molecule has 4 aromatic heterocycles. The monoisotopic (exact) mass is 410 g/mol. The molecule has 1 N–H and O–H groups in total. The Kier molecular flexibility index (Phi) is 5.38. The summed E-state index contributed by atoms with van der Waals surface area (Å²) in [6, 6.07) is 10.2.